The van der Waals surface area contributed by atoms with Crippen LogP contribution in [0.15, 0.2) is 48.8 Å². The number of hydrogen-bond acceptors (Lipinski definition) is 3. The smallest absolute Gasteiger partial charge is 0.124 e. The normalized spacial score (nSPS) is 10.7. The Balaban J connectivity index is 2.07. The molecule has 0 bridgehead atoms. The highest BCUT2D eigenvalue weighted by molar-refractivity contribution is 7.15. The maximum atomic E-state index is 6.05. The average molecular weight is 321 g/mol. The highest BCUT2D eigenvalue weighted by atomic mass is 35.5. The van der Waals surface area contributed by atoms with E-state index in [4.69, 9.17) is 28.2 Å². The first-order valence-corrected chi connectivity index (χ1v) is 7.73. The fourth-order valence-electron chi connectivity index (χ4n) is 1.89. The molecule has 2 aromatic heterocycles. The molecule has 0 spiro atoms. The standard InChI is InChI=1S/C15H10Cl2N2S/c16-9-13-14(10-1-3-12(17)4-2-10)19-15(20-13)11-5-7-18-8-6-11/h1-8H,9H2. The van der Waals surface area contributed by atoms with E-state index < -0.39 is 0 Å². The van der Waals surface area contributed by atoms with Crippen molar-refractivity contribution in [2.45, 2.75) is 5.88 Å². The monoisotopic (exact) mass is 320 g/mol. The fourth-order valence-corrected chi connectivity index (χ4v) is 3.25. The number of benzene rings is 1. The zero-order valence-corrected chi connectivity index (χ0v) is 12.7. The maximum absolute atomic E-state index is 6.05. The van der Waals surface area contributed by atoms with Crippen LogP contribution in [0.2, 0.25) is 5.02 Å². The predicted octanol–water partition coefficient (Wildman–Crippen LogP) is 5.26. The van der Waals surface area contributed by atoms with Gasteiger partial charge in [0.25, 0.3) is 0 Å². The largest absolute Gasteiger partial charge is 0.265 e. The van der Waals surface area contributed by atoms with Crippen molar-refractivity contribution < 1.29 is 0 Å². The highest BCUT2D eigenvalue weighted by Crippen LogP contribution is 2.34. The molecule has 0 aliphatic rings. The van der Waals surface area contributed by atoms with Gasteiger partial charge in [-0.15, -0.1) is 22.9 Å². The van der Waals surface area contributed by atoms with Crippen LogP contribution in [0.25, 0.3) is 21.8 Å². The molecular formula is C15H10Cl2N2S. The lowest BCUT2D eigenvalue weighted by Gasteiger charge is -1.99. The van der Waals surface area contributed by atoms with Crippen molar-refractivity contribution in [1.82, 2.24) is 9.97 Å². The van der Waals surface area contributed by atoms with Crippen molar-refractivity contribution in [3.8, 4) is 21.8 Å². The maximum Gasteiger partial charge on any atom is 0.124 e. The van der Waals surface area contributed by atoms with Gasteiger partial charge in [-0.05, 0) is 24.3 Å². The van der Waals surface area contributed by atoms with E-state index in [-0.39, 0.29) is 0 Å². The zero-order chi connectivity index (χ0) is 13.9. The van der Waals surface area contributed by atoms with E-state index in [1.807, 2.05) is 36.4 Å². The molecule has 0 atom stereocenters. The summed E-state index contributed by atoms with van der Waals surface area (Å²) in [4.78, 5) is 9.79. The Kier molecular flexibility index (Phi) is 4.01. The van der Waals surface area contributed by atoms with Gasteiger partial charge in [-0.1, -0.05) is 23.7 Å². The Bertz CT molecular complexity index is 708. The lowest BCUT2D eigenvalue weighted by atomic mass is 10.1. The molecule has 0 radical (unpaired) electrons. The van der Waals surface area contributed by atoms with E-state index >= 15 is 0 Å². The van der Waals surface area contributed by atoms with E-state index in [0.717, 1.165) is 26.7 Å². The molecule has 0 aliphatic heterocycles. The quantitative estimate of drug-likeness (QED) is 0.615. The van der Waals surface area contributed by atoms with Gasteiger partial charge in [-0.25, -0.2) is 4.98 Å². The van der Waals surface area contributed by atoms with Crippen molar-refractivity contribution in [2.24, 2.45) is 0 Å². The van der Waals surface area contributed by atoms with E-state index in [1.165, 1.54) is 0 Å². The Morgan fingerprint density at radius 1 is 0.950 bits per heavy atom. The number of alkyl halides is 1. The van der Waals surface area contributed by atoms with Gasteiger partial charge in [0.1, 0.15) is 5.01 Å². The van der Waals surface area contributed by atoms with Gasteiger partial charge in [0.2, 0.25) is 0 Å². The highest BCUT2D eigenvalue weighted by Gasteiger charge is 2.13. The van der Waals surface area contributed by atoms with E-state index in [0.29, 0.717) is 10.9 Å². The third kappa shape index (κ3) is 2.70. The Hall–Kier alpha value is -1.42. The summed E-state index contributed by atoms with van der Waals surface area (Å²) < 4.78 is 0. The molecule has 0 saturated heterocycles. The predicted molar refractivity (Wildman–Crippen MR) is 85.3 cm³/mol. The Morgan fingerprint density at radius 3 is 2.30 bits per heavy atom. The van der Waals surface area contributed by atoms with Crippen LogP contribution in [0, 0.1) is 0 Å². The first kappa shape index (κ1) is 13.6. The van der Waals surface area contributed by atoms with E-state index in [1.54, 1.807) is 23.7 Å². The number of nitrogens with zero attached hydrogens (tertiary/aromatic N) is 2. The van der Waals surface area contributed by atoms with Gasteiger partial charge in [0.15, 0.2) is 0 Å². The van der Waals surface area contributed by atoms with Crippen LogP contribution in [-0.4, -0.2) is 9.97 Å². The van der Waals surface area contributed by atoms with Gasteiger partial charge in [-0.2, -0.15) is 0 Å². The Labute approximate surface area is 131 Å². The fraction of sp³-hybridized carbons (Fsp3) is 0.0667. The summed E-state index contributed by atoms with van der Waals surface area (Å²) in [7, 11) is 0. The van der Waals surface area contributed by atoms with Crippen LogP contribution in [0.4, 0.5) is 0 Å². The number of pyridine rings is 1. The first-order valence-electron chi connectivity index (χ1n) is 6.00. The Morgan fingerprint density at radius 2 is 1.65 bits per heavy atom. The molecule has 0 amide bonds. The van der Waals surface area contributed by atoms with Crippen LogP contribution in [0.5, 0.6) is 0 Å². The molecule has 0 aliphatic carbocycles. The zero-order valence-electron chi connectivity index (χ0n) is 10.4. The van der Waals surface area contributed by atoms with Gasteiger partial charge >= 0.3 is 0 Å². The minimum atomic E-state index is 0.445. The van der Waals surface area contributed by atoms with Crippen LogP contribution in [0.1, 0.15) is 4.88 Å². The summed E-state index contributed by atoms with van der Waals surface area (Å²) in [6, 6.07) is 11.5. The second-order valence-corrected chi connectivity index (χ2v) is 5.95. The van der Waals surface area contributed by atoms with Crippen molar-refractivity contribution >= 4 is 34.5 Å². The van der Waals surface area contributed by atoms with Crippen LogP contribution < -0.4 is 0 Å². The van der Waals surface area contributed by atoms with Gasteiger partial charge in [0.05, 0.1) is 11.6 Å². The second kappa shape index (κ2) is 5.92. The molecule has 0 saturated carbocycles. The van der Waals surface area contributed by atoms with Crippen molar-refractivity contribution in [3.05, 3.63) is 58.7 Å². The molecule has 5 heteroatoms. The molecule has 3 rings (SSSR count). The summed E-state index contributed by atoms with van der Waals surface area (Å²) in [6.07, 6.45) is 3.53. The molecule has 0 fully saturated rings. The minimum absolute atomic E-state index is 0.445. The summed E-state index contributed by atoms with van der Waals surface area (Å²) >= 11 is 13.6. The third-order valence-corrected chi connectivity index (χ3v) is 4.65. The van der Waals surface area contributed by atoms with Crippen LogP contribution in [0.3, 0.4) is 0 Å². The second-order valence-electron chi connectivity index (χ2n) is 4.17. The van der Waals surface area contributed by atoms with Gasteiger partial charge < -0.3 is 0 Å². The summed E-state index contributed by atoms with van der Waals surface area (Å²) in [5, 5.41) is 1.67. The van der Waals surface area contributed by atoms with Crippen molar-refractivity contribution in [1.29, 1.82) is 0 Å². The average Bonchev–Trinajstić information content (AvgIpc) is 2.93. The number of hydrogen-bond donors (Lipinski definition) is 0. The van der Waals surface area contributed by atoms with Gasteiger partial charge in [-0.3, -0.25) is 4.98 Å². The molecule has 0 unspecified atom stereocenters. The SMILES string of the molecule is ClCc1sc(-c2ccncc2)nc1-c1ccc(Cl)cc1. The lowest BCUT2D eigenvalue weighted by molar-refractivity contribution is 1.31. The first-order chi connectivity index (χ1) is 9.78. The van der Waals surface area contributed by atoms with Crippen LogP contribution >= 0.6 is 34.5 Å². The molecular weight excluding hydrogens is 311 g/mol. The molecule has 2 heterocycles. The third-order valence-electron chi connectivity index (χ3n) is 2.86. The molecule has 1 aromatic carbocycles. The van der Waals surface area contributed by atoms with E-state index in [9.17, 15) is 0 Å². The minimum Gasteiger partial charge on any atom is -0.265 e. The number of aromatic nitrogens is 2. The summed E-state index contributed by atoms with van der Waals surface area (Å²) in [5.41, 5.74) is 3.01. The number of halogens is 2. The molecule has 3 aromatic rings. The number of thiazole rings is 1. The topological polar surface area (TPSA) is 25.8 Å². The molecule has 2 nitrogen and oxygen atoms in total. The molecule has 20 heavy (non-hydrogen) atoms. The lowest BCUT2D eigenvalue weighted by Crippen LogP contribution is -1.83. The van der Waals surface area contributed by atoms with E-state index in [2.05, 4.69) is 4.98 Å². The molecule has 100 valence electrons. The van der Waals surface area contributed by atoms with Gasteiger partial charge in [0, 0.05) is 33.4 Å². The summed E-state index contributed by atoms with van der Waals surface area (Å²) in [5.74, 6) is 0.445. The van der Waals surface area contributed by atoms with Crippen molar-refractivity contribution in [3.63, 3.8) is 0 Å². The molecule has 0 N–H and O–H groups in total. The van der Waals surface area contributed by atoms with Crippen LogP contribution in [-0.2, 0) is 5.88 Å². The number of rotatable bonds is 3. The summed E-state index contributed by atoms with van der Waals surface area (Å²) in [6.45, 7) is 0. The van der Waals surface area contributed by atoms with Crippen molar-refractivity contribution in [2.75, 3.05) is 0 Å².